The molecule has 1 aliphatic rings. The average Bonchev–Trinajstić information content (AvgIpc) is 3.04. The van der Waals surface area contributed by atoms with Crippen molar-refractivity contribution in [2.75, 3.05) is 20.1 Å². The van der Waals surface area contributed by atoms with Crippen LogP contribution < -0.4 is 5.32 Å². The van der Waals surface area contributed by atoms with Crippen molar-refractivity contribution in [3.8, 4) is 0 Å². The highest BCUT2D eigenvalue weighted by Crippen LogP contribution is 2.21. The lowest BCUT2D eigenvalue weighted by molar-refractivity contribution is 0.0873. The number of carbonyl (C=O) groups is 1. The third-order valence-electron chi connectivity index (χ3n) is 5.43. The van der Waals surface area contributed by atoms with Gasteiger partial charge in [-0.05, 0) is 57.0 Å². The van der Waals surface area contributed by atoms with E-state index in [0.29, 0.717) is 11.5 Å². The summed E-state index contributed by atoms with van der Waals surface area (Å²) < 4.78 is 1.92. The number of hydrogen-bond donors (Lipinski definition) is 1. The Morgan fingerprint density at radius 2 is 2.00 bits per heavy atom. The minimum absolute atomic E-state index is 0.00383. The van der Waals surface area contributed by atoms with Gasteiger partial charge in [-0.15, -0.1) is 0 Å². The molecule has 1 saturated heterocycles. The minimum Gasteiger partial charge on any atom is -0.349 e. The van der Waals surface area contributed by atoms with Gasteiger partial charge in [0.25, 0.3) is 5.91 Å². The molecule has 2 aromatic heterocycles. The van der Waals surface area contributed by atoms with Crippen molar-refractivity contribution in [1.29, 1.82) is 0 Å². The predicted octanol–water partition coefficient (Wildman–Crippen LogP) is 2.94. The Kier molecular flexibility index (Phi) is 4.94. The van der Waals surface area contributed by atoms with Gasteiger partial charge in [-0.25, -0.2) is 4.98 Å². The summed E-state index contributed by atoms with van der Waals surface area (Å²) in [4.78, 5) is 19.7. The molecule has 1 aliphatic heterocycles. The molecular formula is C22H26N4O. The van der Waals surface area contributed by atoms with E-state index in [9.17, 15) is 4.79 Å². The predicted molar refractivity (Wildman–Crippen MR) is 107 cm³/mol. The SMILES string of the molecule is Cc1cn2cc(C(=O)N[C@@H]3CCN(C)C[C@@H]3Cc3ccccc3)ccc2n1. The summed E-state index contributed by atoms with van der Waals surface area (Å²) in [7, 11) is 2.16. The normalized spacial score (nSPS) is 20.7. The number of hydrogen-bond acceptors (Lipinski definition) is 3. The quantitative estimate of drug-likeness (QED) is 0.776. The molecule has 1 fully saturated rings. The lowest BCUT2D eigenvalue weighted by Crippen LogP contribution is -2.50. The molecule has 1 aromatic carbocycles. The van der Waals surface area contributed by atoms with E-state index in [0.717, 1.165) is 37.3 Å². The maximum absolute atomic E-state index is 12.9. The molecule has 0 aliphatic carbocycles. The van der Waals surface area contributed by atoms with E-state index in [4.69, 9.17) is 0 Å². The third kappa shape index (κ3) is 4.03. The third-order valence-corrected chi connectivity index (χ3v) is 5.43. The summed E-state index contributed by atoms with van der Waals surface area (Å²) in [6, 6.07) is 14.5. The second kappa shape index (κ2) is 7.53. The topological polar surface area (TPSA) is 49.6 Å². The first-order valence-electron chi connectivity index (χ1n) is 9.57. The van der Waals surface area contributed by atoms with Crippen molar-refractivity contribution in [3.05, 3.63) is 71.7 Å². The number of imidazole rings is 1. The number of rotatable bonds is 4. The van der Waals surface area contributed by atoms with E-state index in [1.54, 1.807) is 0 Å². The van der Waals surface area contributed by atoms with E-state index in [1.807, 2.05) is 41.9 Å². The average molecular weight is 362 g/mol. The van der Waals surface area contributed by atoms with E-state index >= 15 is 0 Å². The summed E-state index contributed by atoms with van der Waals surface area (Å²) in [6.45, 7) is 3.97. The van der Waals surface area contributed by atoms with Gasteiger partial charge in [0.1, 0.15) is 5.65 Å². The fourth-order valence-electron chi connectivity index (χ4n) is 4.03. The molecular weight excluding hydrogens is 336 g/mol. The van der Waals surface area contributed by atoms with Gasteiger partial charge in [0.2, 0.25) is 0 Å². The monoisotopic (exact) mass is 362 g/mol. The fraction of sp³-hybridized carbons (Fsp3) is 0.364. The first-order chi connectivity index (χ1) is 13.1. The van der Waals surface area contributed by atoms with E-state index < -0.39 is 0 Å². The number of benzene rings is 1. The molecule has 2 atom stereocenters. The van der Waals surface area contributed by atoms with Crippen molar-refractivity contribution in [3.63, 3.8) is 0 Å². The largest absolute Gasteiger partial charge is 0.349 e. The summed E-state index contributed by atoms with van der Waals surface area (Å²) in [6.07, 6.45) is 5.77. The molecule has 1 N–H and O–H groups in total. The van der Waals surface area contributed by atoms with E-state index in [-0.39, 0.29) is 11.9 Å². The Hall–Kier alpha value is -2.66. The van der Waals surface area contributed by atoms with Crippen LogP contribution in [-0.2, 0) is 6.42 Å². The minimum atomic E-state index is -0.00383. The number of nitrogens with zero attached hydrogens (tertiary/aromatic N) is 3. The Morgan fingerprint density at radius 1 is 1.19 bits per heavy atom. The maximum Gasteiger partial charge on any atom is 0.253 e. The molecule has 3 aromatic rings. The number of aryl methyl sites for hydroxylation is 1. The number of amides is 1. The molecule has 4 rings (SSSR count). The molecule has 5 heteroatoms. The molecule has 0 unspecified atom stereocenters. The maximum atomic E-state index is 12.9. The van der Waals surface area contributed by atoms with Crippen LogP contribution in [0.4, 0.5) is 0 Å². The second-order valence-electron chi connectivity index (χ2n) is 7.65. The van der Waals surface area contributed by atoms with Crippen molar-refractivity contribution in [2.45, 2.75) is 25.8 Å². The molecule has 0 saturated carbocycles. The summed E-state index contributed by atoms with van der Waals surface area (Å²) in [5, 5.41) is 3.30. The van der Waals surface area contributed by atoms with Crippen LogP contribution in [0.2, 0.25) is 0 Å². The second-order valence-corrected chi connectivity index (χ2v) is 7.65. The summed E-state index contributed by atoms with van der Waals surface area (Å²) in [5.74, 6) is 0.408. The Bertz CT molecular complexity index is 934. The Labute approximate surface area is 160 Å². The highest BCUT2D eigenvalue weighted by Gasteiger charge is 2.29. The molecule has 140 valence electrons. The lowest BCUT2D eigenvalue weighted by Gasteiger charge is -2.37. The zero-order valence-corrected chi connectivity index (χ0v) is 15.9. The molecule has 5 nitrogen and oxygen atoms in total. The standard InChI is InChI=1S/C22H26N4O/c1-16-13-26-15-18(8-9-21(26)23-16)22(27)24-20-10-11-25(2)14-19(20)12-17-6-4-3-5-7-17/h3-9,13,15,19-20H,10-12,14H2,1-2H3,(H,24,27)/t19-,20+/m0/s1. The van der Waals surface area contributed by atoms with Gasteiger partial charge in [-0.3, -0.25) is 4.79 Å². The number of fused-ring (bicyclic) bond motifs is 1. The van der Waals surface area contributed by atoms with Crippen LogP contribution in [0.25, 0.3) is 5.65 Å². The number of piperidine rings is 1. The lowest BCUT2D eigenvalue weighted by atomic mass is 9.86. The van der Waals surface area contributed by atoms with Crippen LogP contribution >= 0.6 is 0 Å². The summed E-state index contributed by atoms with van der Waals surface area (Å²) >= 11 is 0. The number of nitrogens with one attached hydrogen (secondary N) is 1. The van der Waals surface area contributed by atoms with Gasteiger partial charge >= 0.3 is 0 Å². The molecule has 0 spiro atoms. The number of likely N-dealkylation sites (tertiary alicyclic amines) is 1. The van der Waals surface area contributed by atoms with E-state index in [2.05, 4.69) is 46.5 Å². The van der Waals surface area contributed by atoms with Crippen molar-refractivity contribution >= 4 is 11.6 Å². The van der Waals surface area contributed by atoms with Crippen molar-refractivity contribution in [1.82, 2.24) is 19.6 Å². The van der Waals surface area contributed by atoms with Crippen molar-refractivity contribution < 1.29 is 4.79 Å². The van der Waals surface area contributed by atoms with Crippen LogP contribution in [0.5, 0.6) is 0 Å². The van der Waals surface area contributed by atoms with Crippen LogP contribution in [0.1, 0.15) is 28.0 Å². The van der Waals surface area contributed by atoms with Gasteiger partial charge in [-0.1, -0.05) is 30.3 Å². The van der Waals surface area contributed by atoms with Crippen LogP contribution in [0, 0.1) is 12.8 Å². The first-order valence-corrected chi connectivity index (χ1v) is 9.57. The number of carbonyl (C=O) groups excluding carboxylic acids is 1. The number of pyridine rings is 1. The smallest absolute Gasteiger partial charge is 0.253 e. The van der Waals surface area contributed by atoms with Crippen LogP contribution in [0.15, 0.2) is 54.9 Å². The first kappa shape index (κ1) is 17.7. The zero-order chi connectivity index (χ0) is 18.8. The molecule has 27 heavy (non-hydrogen) atoms. The Balaban J connectivity index is 1.50. The zero-order valence-electron chi connectivity index (χ0n) is 15.9. The molecule has 3 heterocycles. The molecule has 1 amide bonds. The Morgan fingerprint density at radius 3 is 2.81 bits per heavy atom. The molecule has 0 radical (unpaired) electrons. The van der Waals surface area contributed by atoms with Gasteiger partial charge in [0.05, 0.1) is 11.3 Å². The van der Waals surface area contributed by atoms with Crippen molar-refractivity contribution in [2.24, 2.45) is 5.92 Å². The van der Waals surface area contributed by atoms with Gasteiger partial charge < -0.3 is 14.6 Å². The van der Waals surface area contributed by atoms with Gasteiger partial charge in [0, 0.05) is 25.0 Å². The highest BCUT2D eigenvalue weighted by molar-refractivity contribution is 5.94. The summed E-state index contributed by atoms with van der Waals surface area (Å²) in [5.41, 5.74) is 3.82. The van der Waals surface area contributed by atoms with Gasteiger partial charge in [-0.2, -0.15) is 0 Å². The number of aromatic nitrogens is 2. The van der Waals surface area contributed by atoms with Gasteiger partial charge in [0.15, 0.2) is 0 Å². The van der Waals surface area contributed by atoms with E-state index in [1.165, 1.54) is 5.56 Å². The highest BCUT2D eigenvalue weighted by atomic mass is 16.1. The molecule has 0 bridgehead atoms. The van der Waals surface area contributed by atoms with Crippen LogP contribution in [0.3, 0.4) is 0 Å². The fourth-order valence-corrected chi connectivity index (χ4v) is 4.03. The van der Waals surface area contributed by atoms with Crippen LogP contribution in [-0.4, -0.2) is 46.4 Å².